The Balaban J connectivity index is 1.05. The third-order valence-electron chi connectivity index (χ3n) is 11.1. The molecule has 3 heteroatoms. The molecular weight excluding hydrogens is 711 g/mol. The smallest absolute Gasteiger partial charge is 0.159 e. The number of hydrogen-bond donors (Lipinski definition) is 0. The number of benzene rings is 9. The Morgan fingerprint density at radius 3 is 1.54 bits per heavy atom. The minimum atomic E-state index is 0.856. The van der Waals surface area contributed by atoms with E-state index in [-0.39, 0.29) is 0 Å². The van der Waals surface area contributed by atoms with Gasteiger partial charge in [-0.2, -0.15) is 0 Å². The number of rotatable bonds is 7. The molecule has 0 amide bonds. The molecular formula is C54H35NOS. The molecule has 57 heavy (non-hydrogen) atoms. The summed E-state index contributed by atoms with van der Waals surface area (Å²) in [6, 6.07) is 76.1. The van der Waals surface area contributed by atoms with Gasteiger partial charge in [0.1, 0.15) is 5.58 Å². The molecule has 2 nitrogen and oxygen atoms in total. The van der Waals surface area contributed by atoms with Gasteiger partial charge < -0.3 is 9.32 Å². The molecule has 0 spiro atoms. The van der Waals surface area contributed by atoms with Gasteiger partial charge in [0, 0.05) is 47.9 Å². The molecule has 0 fully saturated rings. The van der Waals surface area contributed by atoms with Crippen LogP contribution in [0.5, 0.6) is 0 Å². The van der Waals surface area contributed by atoms with Crippen LogP contribution in [0.2, 0.25) is 0 Å². The summed E-state index contributed by atoms with van der Waals surface area (Å²) in [5, 5.41) is 4.81. The van der Waals surface area contributed by atoms with Crippen molar-refractivity contribution >= 4 is 70.5 Å². The van der Waals surface area contributed by atoms with E-state index in [4.69, 9.17) is 4.42 Å². The van der Waals surface area contributed by atoms with Crippen LogP contribution in [0.15, 0.2) is 217 Å². The van der Waals surface area contributed by atoms with Crippen LogP contribution in [0, 0.1) is 0 Å². The second kappa shape index (κ2) is 13.8. The molecule has 0 aliphatic rings. The number of hydrogen-bond acceptors (Lipinski definition) is 3. The summed E-state index contributed by atoms with van der Waals surface area (Å²) in [5.41, 5.74) is 14.3. The Kier molecular flexibility index (Phi) is 8.04. The number of thiophene rings is 1. The summed E-state index contributed by atoms with van der Waals surface area (Å²) in [6.45, 7) is 0. The maximum Gasteiger partial charge on any atom is 0.159 e. The Morgan fingerprint density at radius 2 is 0.825 bits per heavy atom. The number of para-hydroxylation sites is 2. The van der Waals surface area contributed by atoms with Gasteiger partial charge in [-0.3, -0.25) is 0 Å². The van der Waals surface area contributed by atoms with Crippen LogP contribution in [-0.4, -0.2) is 0 Å². The lowest BCUT2D eigenvalue weighted by atomic mass is 9.98. The SMILES string of the molecule is c1ccc(-c2cccc(-c3ccc(N(c4ccc(-c5cccc6c5sc5ccccc56)cc4)c4cccc5c4oc4c(-c6ccccc6)cccc45)cc3)c2)cc1. The highest BCUT2D eigenvalue weighted by atomic mass is 32.1. The van der Waals surface area contributed by atoms with E-state index in [1.165, 1.54) is 48.0 Å². The van der Waals surface area contributed by atoms with Gasteiger partial charge in [0.05, 0.1) is 5.69 Å². The molecule has 9 aromatic carbocycles. The van der Waals surface area contributed by atoms with Gasteiger partial charge in [0.25, 0.3) is 0 Å². The van der Waals surface area contributed by atoms with Gasteiger partial charge in [-0.15, -0.1) is 11.3 Å². The molecule has 0 radical (unpaired) electrons. The lowest BCUT2D eigenvalue weighted by Gasteiger charge is -2.26. The van der Waals surface area contributed by atoms with Crippen LogP contribution >= 0.6 is 11.3 Å². The highest BCUT2D eigenvalue weighted by Gasteiger charge is 2.21. The van der Waals surface area contributed by atoms with E-state index < -0.39 is 0 Å². The van der Waals surface area contributed by atoms with Crippen molar-refractivity contribution in [2.24, 2.45) is 0 Å². The van der Waals surface area contributed by atoms with Crippen LogP contribution in [0.25, 0.3) is 86.6 Å². The Hall–Kier alpha value is -7.20. The predicted molar refractivity (Wildman–Crippen MR) is 243 cm³/mol. The van der Waals surface area contributed by atoms with Crippen molar-refractivity contribution in [1.82, 2.24) is 0 Å². The summed E-state index contributed by atoms with van der Waals surface area (Å²) < 4.78 is 9.60. The van der Waals surface area contributed by atoms with Crippen LogP contribution in [0.4, 0.5) is 17.1 Å². The minimum Gasteiger partial charge on any atom is -0.453 e. The quantitative estimate of drug-likeness (QED) is 0.162. The van der Waals surface area contributed by atoms with Crippen LogP contribution < -0.4 is 4.90 Å². The molecule has 0 bridgehead atoms. The average Bonchev–Trinajstić information content (AvgIpc) is 3.87. The highest BCUT2D eigenvalue weighted by molar-refractivity contribution is 7.26. The second-order valence-electron chi connectivity index (χ2n) is 14.5. The first-order valence-corrected chi connectivity index (χ1v) is 20.1. The lowest BCUT2D eigenvalue weighted by molar-refractivity contribution is 0.670. The zero-order chi connectivity index (χ0) is 37.7. The Labute approximate surface area is 335 Å². The molecule has 11 aromatic rings. The van der Waals surface area contributed by atoms with Crippen molar-refractivity contribution < 1.29 is 4.42 Å². The van der Waals surface area contributed by atoms with Crippen molar-refractivity contribution in [3.05, 3.63) is 212 Å². The molecule has 0 saturated carbocycles. The molecule has 2 aromatic heterocycles. The fraction of sp³-hybridized carbons (Fsp3) is 0. The maximum absolute atomic E-state index is 6.97. The van der Waals surface area contributed by atoms with E-state index in [0.29, 0.717) is 0 Å². The zero-order valence-corrected chi connectivity index (χ0v) is 31.8. The van der Waals surface area contributed by atoms with Crippen molar-refractivity contribution in [2.75, 3.05) is 4.90 Å². The number of anilines is 3. The van der Waals surface area contributed by atoms with Gasteiger partial charge in [0.15, 0.2) is 5.58 Å². The van der Waals surface area contributed by atoms with E-state index >= 15 is 0 Å². The molecule has 268 valence electrons. The first-order valence-electron chi connectivity index (χ1n) is 19.3. The lowest BCUT2D eigenvalue weighted by Crippen LogP contribution is -2.10. The number of fused-ring (bicyclic) bond motifs is 6. The molecule has 2 heterocycles. The van der Waals surface area contributed by atoms with E-state index in [2.05, 4.69) is 217 Å². The molecule has 0 aliphatic carbocycles. The summed E-state index contributed by atoms with van der Waals surface area (Å²) in [6.07, 6.45) is 0. The largest absolute Gasteiger partial charge is 0.453 e. The Bertz CT molecular complexity index is 3210. The standard InChI is InChI=1S/C54H35NOS/c1-3-13-36(14-4-1)40-17-9-18-41(35-40)37-27-31-42(32-28-37)55(43-33-29-39(30-34-43)45-21-11-24-49-46-19-7-8-26-51(46)57-54(45)49)50-25-12-23-48-47-22-10-20-44(52(47)56-53(48)50)38-15-5-2-6-16-38/h1-35H. The molecule has 0 saturated heterocycles. The van der Waals surface area contributed by atoms with Crippen molar-refractivity contribution in [2.45, 2.75) is 0 Å². The van der Waals surface area contributed by atoms with E-state index in [1.54, 1.807) is 0 Å². The van der Waals surface area contributed by atoms with Crippen LogP contribution in [0.3, 0.4) is 0 Å². The Morgan fingerprint density at radius 1 is 0.333 bits per heavy atom. The monoisotopic (exact) mass is 745 g/mol. The van der Waals surface area contributed by atoms with Crippen molar-refractivity contribution in [3.8, 4) is 44.5 Å². The van der Waals surface area contributed by atoms with Gasteiger partial charge in [-0.25, -0.2) is 0 Å². The normalized spacial score (nSPS) is 11.5. The zero-order valence-electron chi connectivity index (χ0n) is 31.0. The summed E-state index contributed by atoms with van der Waals surface area (Å²) in [5.74, 6) is 0. The summed E-state index contributed by atoms with van der Waals surface area (Å²) in [4.78, 5) is 2.33. The van der Waals surface area contributed by atoms with E-state index in [0.717, 1.165) is 55.7 Å². The molecule has 0 N–H and O–H groups in total. The summed E-state index contributed by atoms with van der Waals surface area (Å²) in [7, 11) is 0. The number of furan rings is 1. The second-order valence-corrected chi connectivity index (χ2v) is 15.5. The highest BCUT2D eigenvalue weighted by Crippen LogP contribution is 2.46. The van der Waals surface area contributed by atoms with E-state index in [9.17, 15) is 0 Å². The van der Waals surface area contributed by atoms with Crippen molar-refractivity contribution in [3.63, 3.8) is 0 Å². The van der Waals surface area contributed by atoms with Gasteiger partial charge in [-0.1, -0.05) is 170 Å². The maximum atomic E-state index is 6.97. The third kappa shape index (κ3) is 5.80. The number of nitrogens with zero attached hydrogens (tertiary/aromatic N) is 1. The van der Waals surface area contributed by atoms with Crippen molar-refractivity contribution in [1.29, 1.82) is 0 Å². The van der Waals surface area contributed by atoms with Gasteiger partial charge in [0.2, 0.25) is 0 Å². The fourth-order valence-corrected chi connectivity index (χ4v) is 9.57. The van der Waals surface area contributed by atoms with Crippen LogP contribution in [0.1, 0.15) is 0 Å². The minimum absolute atomic E-state index is 0.856. The molecule has 0 atom stereocenters. The van der Waals surface area contributed by atoms with Gasteiger partial charge >= 0.3 is 0 Å². The third-order valence-corrected chi connectivity index (χ3v) is 12.3. The average molecular weight is 746 g/mol. The molecule has 0 aliphatic heterocycles. The first-order chi connectivity index (χ1) is 28.3. The molecule has 0 unspecified atom stereocenters. The molecule has 11 rings (SSSR count). The predicted octanol–water partition coefficient (Wildman–Crippen LogP) is 16.1. The van der Waals surface area contributed by atoms with Crippen LogP contribution in [-0.2, 0) is 0 Å². The fourth-order valence-electron chi connectivity index (χ4n) is 8.33. The summed E-state index contributed by atoms with van der Waals surface area (Å²) >= 11 is 1.87. The van der Waals surface area contributed by atoms with E-state index in [1.807, 2.05) is 11.3 Å². The topological polar surface area (TPSA) is 16.4 Å². The first kappa shape index (κ1) is 33.2. The van der Waals surface area contributed by atoms with Gasteiger partial charge in [-0.05, 0) is 81.4 Å².